The summed E-state index contributed by atoms with van der Waals surface area (Å²) in [6.45, 7) is 1.88. The summed E-state index contributed by atoms with van der Waals surface area (Å²) in [5.74, 6) is -3.09. The Labute approximate surface area is 72.5 Å². The van der Waals surface area contributed by atoms with E-state index in [4.69, 9.17) is 20.4 Å². The summed E-state index contributed by atoms with van der Waals surface area (Å²) in [6, 6.07) is 0. The molecule has 74 valence electrons. The highest BCUT2D eigenvalue weighted by Crippen LogP contribution is 2.21. The smallest absolute Gasteiger partial charge is 0.278 e. The lowest BCUT2D eigenvalue weighted by Gasteiger charge is -2.24. The number of unbranched alkanes of at least 4 members (excludes halogenated alkanes) is 1. The second-order valence-corrected chi connectivity index (χ2v) is 3.01. The minimum Gasteiger partial charge on any atom is -0.396 e. The molecular weight excluding hydrogens is 160 g/mol. The van der Waals surface area contributed by atoms with Crippen LogP contribution in [0.15, 0.2) is 0 Å². The summed E-state index contributed by atoms with van der Waals surface area (Å²) in [4.78, 5) is 0. The fourth-order valence-electron chi connectivity index (χ4n) is 1.17. The van der Waals surface area contributed by atoms with Gasteiger partial charge in [0.15, 0.2) is 0 Å². The molecule has 0 saturated heterocycles. The van der Waals surface area contributed by atoms with Crippen molar-refractivity contribution in [2.75, 3.05) is 6.61 Å². The Morgan fingerprint density at radius 3 is 2.08 bits per heavy atom. The number of hydrogen-bond acceptors (Lipinski definition) is 4. The van der Waals surface area contributed by atoms with Gasteiger partial charge in [-0.3, -0.25) is 0 Å². The summed E-state index contributed by atoms with van der Waals surface area (Å²) < 4.78 is 0. The molecule has 4 N–H and O–H groups in total. The fraction of sp³-hybridized carbons (Fsp3) is 1.00. The Morgan fingerprint density at radius 2 is 1.75 bits per heavy atom. The Balaban J connectivity index is 3.68. The van der Waals surface area contributed by atoms with Crippen LogP contribution in [0.4, 0.5) is 0 Å². The van der Waals surface area contributed by atoms with Gasteiger partial charge in [-0.2, -0.15) is 0 Å². The van der Waals surface area contributed by atoms with E-state index in [-0.39, 0.29) is 6.61 Å². The average molecular weight is 178 g/mol. The van der Waals surface area contributed by atoms with Gasteiger partial charge in [-0.05, 0) is 19.3 Å². The third kappa shape index (κ3) is 4.66. The molecule has 1 atom stereocenters. The number of aliphatic hydroxyl groups excluding tert-OH is 1. The van der Waals surface area contributed by atoms with Crippen LogP contribution in [-0.4, -0.2) is 33.0 Å². The molecule has 0 aliphatic heterocycles. The zero-order chi connectivity index (χ0) is 9.61. The Hall–Kier alpha value is -0.160. The van der Waals surface area contributed by atoms with Gasteiger partial charge in [0.2, 0.25) is 0 Å². The lowest BCUT2D eigenvalue weighted by atomic mass is 9.97. The van der Waals surface area contributed by atoms with Crippen LogP contribution in [0.3, 0.4) is 0 Å². The third-order valence-corrected chi connectivity index (χ3v) is 2.00. The maximum absolute atomic E-state index is 8.83. The summed E-state index contributed by atoms with van der Waals surface area (Å²) >= 11 is 0. The van der Waals surface area contributed by atoms with Gasteiger partial charge in [-0.15, -0.1) is 0 Å². The molecule has 0 aliphatic rings. The lowest BCUT2D eigenvalue weighted by Crippen LogP contribution is -2.36. The van der Waals surface area contributed by atoms with Gasteiger partial charge in [0, 0.05) is 12.5 Å². The van der Waals surface area contributed by atoms with Crippen molar-refractivity contribution < 1.29 is 20.4 Å². The van der Waals surface area contributed by atoms with E-state index in [1.165, 1.54) is 0 Å². The molecule has 0 rings (SSSR count). The maximum Gasteiger partial charge on any atom is 0.278 e. The normalized spacial score (nSPS) is 14.8. The van der Waals surface area contributed by atoms with E-state index in [0.717, 1.165) is 0 Å². The van der Waals surface area contributed by atoms with Crippen molar-refractivity contribution in [3.8, 4) is 0 Å². The minimum atomic E-state index is -2.57. The molecule has 0 heterocycles. The molecule has 0 radical (unpaired) electrons. The number of rotatable bonds is 6. The van der Waals surface area contributed by atoms with Gasteiger partial charge < -0.3 is 20.4 Å². The molecule has 0 aromatic rings. The van der Waals surface area contributed by atoms with E-state index in [0.29, 0.717) is 25.7 Å². The predicted octanol–water partition coefficient (Wildman–Crippen LogP) is -0.194. The summed E-state index contributed by atoms with van der Waals surface area (Å²) in [6.07, 6.45) is 2.35. The van der Waals surface area contributed by atoms with Crippen LogP contribution >= 0.6 is 0 Å². The molecule has 4 heteroatoms. The van der Waals surface area contributed by atoms with E-state index in [1.807, 2.05) is 0 Å². The quantitative estimate of drug-likeness (QED) is 0.335. The topological polar surface area (TPSA) is 80.9 Å². The summed E-state index contributed by atoms with van der Waals surface area (Å²) in [5, 5.41) is 34.9. The molecule has 0 aromatic carbocycles. The van der Waals surface area contributed by atoms with Crippen LogP contribution in [0.2, 0.25) is 0 Å². The van der Waals surface area contributed by atoms with Gasteiger partial charge in [-0.1, -0.05) is 13.3 Å². The molecular formula is C8H18O4. The molecule has 0 bridgehead atoms. The SMILES string of the molecule is CCC(CCCCO)C(O)(O)O. The molecule has 12 heavy (non-hydrogen) atoms. The molecule has 0 saturated carbocycles. The Bertz CT molecular complexity index is 108. The highest BCUT2D eigenvalue weighted by atomic mass is 16.7. The predicted molar refractivity (Wildman–Crippen MR) is 44.1 cm³/mol. The van der Waals surface area contributed by atoms with Gasteiger partial charge in [0.1, 0.15) is 0 Å². The Kier molecular flexibility index (Phi) is 5.41. The van der Waals surface area contributed by atoms with E-state index in [1.54, 1.807) is 6.92 Å². The van der Waals surface area contributed by atoms with Crippen molar-refractivity contribution in [2.45, 2.75) is 38.6 Å². The molecule has 0 aromatic heterocycles. The van der Waals surface area contributed by atoms with Gasteiger partial charge in [0.05, 0.1) is 0 Å². The van der Waals surface area contributed by atoms with Crippen LogP contribution in [0, 0.1) is 5.92 Å². The third-order valence-electron chi connectivity index (χ3n) is 2.00. The maximum atomic E-state index is 8.83. The first-order valence-corrected chi connectivity index (χ1v) is 4.30. The molecule has 0 amide bonds. The van der Waals surface area contributed by atoms with Crippen LogP contribution in [0.1, 0.15) is 32.6 Å². The lowest BCUT2D eigenvalue weighted by molar-refractivity contribution is -0.343. The minimum absolute atomic E-state index is 0.103. The largest absolute Gasteiger partial charge is 0.396 e. The zero-order valence-electron chi connectivity index (χ0n) is 7.40. The van der Waals surface area contributed by atoms with Crippen molar-refractivity contribution in [1.82, 2.24) is 0 Å². The van der Waals surface area contributed by atoms with Gasteiger partial charge in [0.25, 0.3) is 5.97 Å². The first-order chi connectivity index (χ1) is 5.52. The average Bonchev–Trinajstić information content (AvgIpc) is 1.95. The standard InChI is InChI=1S/C8H18O4/c1-2-7(8(10,11)12)5-3-4-6-9/h7,9-12H,2-6H2,1H3. The highest BCUT2D eigenvalue weighted by molar-refractivity contribution is 4.64. The molecule has 0 spiro atoms. The van der Waals surface area contributed by atoms with Gasteiger partial charge >= 0.3 is 0 Å². The van der Waals surface area contributed by atoms with E-state index in [2.05, 4.69) is 0 Å². The Morgan fingerprint density at radius 1 is 1.17 bits per heavy atom. The fourth-order valence-corrected chi connectivity index (χ4v) is 1.17. The van der Waals surface area contributed by atoms with E-state index >= 15 is 0 Å². The summed E-state index contributed by atoms with van der Waals surface area (Å²) in [7, 11) is 0. The molecule has 4 nitrogen and oxygen atoms in total. The first kappa shape index (κ1) is 11.8. The van der Waals surface area contributed by atoms with Crippen molar-refractivity contribution >= 4 is 0 Å². The van der Waals surface area contributed by atoms with Crippen LogP contribution in [0.5, 0.6) is 0 Å². The molecule has 1 unspecified atom stereocenters. The number of hydrogen-bond donors (Lipinski definition) is 4. The van der Waals surface area contributed by atoms with Crippen molar-refractivity contribution in [3.63, 3.8) is 0 Å². The van der Waals surface area contributed by atoms with Crippen molar-refractivity contribution in [3.05, 3.63) is 0 Å². The summed E-state index contributed by atoms with van der Waals surface area (Å²) in [5.41, 5.74) is 0. The van der Waals surface area contributed by atoms with Crippen molar-refractivity contribution in [2.24, 2.45) is 5.92 Å². The second-order valence-electron chi connectivity index (χ2n) is 3.01. The van der Waals surface area contributed by atoms with E-state index in [9.17, 15) is 0 Å². The highest BCUT2D eigenvalue weighted by Gasteiger charge is 2.29. The van der Waals surface area contributed by atoms with Crippen LogP contribution in [-0.2, 0) is 0 Å². The monoisotopic (exact) mass is 178 g/mol. The van der Waals surface area contributed by atoms with Crippen LogP contribution < -0.4 is 0 Å². The van der Waals surface area contributed by atoms with Crippen LogP contribution in [0.25, 0.3) is 0 Å². The van der Waals surface area contributed by atoms with Gasteiger partial charge in [-0.25, -0.2) is 0 Å². The zero-order valence-corrected chi connectivity index (χ0v) is 7.40. The molecule has 0 aliphatic carbocycles. The second kappa shape index (κ2) is 5.48. The number of aliphatic hydroxyl groups is 4. The molecule has 0 fully saturated rings. The van der Waals surface area contributed by atoms with Crippen molar-refractivity contribution in [1.29, 1.82) is 0 Å². The first-order valence-electron chi connectivity index (χ1n) is 4.30. The van der Waals surface area contributed by atoms with E-state index < -0.39 is 11.9 Å².